The zero-order valence-corrected chi connectivity index (χ0v) is 24.9. The summed E-state index contributed by atoms with van der Waals surface area (Å²) in [5.41, 5.74) is 6.40. The summed E-state index contributed by atoms with van der Waals surface area (Å²) in [6.07, 6.45) is 0.660. The summed E-state index contributed by atoms with van der Waals surface area (Å²) in [5, 5.41) is 13.5. The summed E-state index contributed by atoms with van der Waals surface area (Å²) >= 11 is 0. The number of aryl methyl sites for hydroxylation is 2. The molecule has 0 spiro atoms. The second-order valence-electron chi connectivity index (χ2n) is 10.9. The van der Waals surface area contributed by atoms with Gasteiger partial charge in [0.2, 0.25) is 0 Å². The molecular formula is C34H35FN4O4. The van der Waals surface area contributed by atoms with Gasteiger partial charge in [0.25, 0.3) is 11.8 Å². The molecule has 0 bridgehead atoms. The summed E-state index contributed by atoms with van der Waals surface area (Å²) < 4.78 is 26.1. The number of benzene rings is 3. The summed E-state index contributed by atoms with van der Waals surface area (Å²) in [4.78, 5) is 26.1. The minimum atomic E-state index is -0.383. The summed E-state index contributed by atoms with van der Waals surface area (Å²) in [6, 6.07) is 16.7. The van der Waals surface area contributed by atoms with Crippen molar-refractivity contribution in [3.05, 3.63) is 94.6 Å². The Morgan fingerprint density at radius 3 is 2.42 bits per heavy atom. The molecule has 2 aromatic heterocycles. The highest BCUT2D eigenvalue weighted by Crippen LogP contribution is 2.38. The van der Waals surface area contributed by atoms with E-state index in [-0.39, 0.29) is 17.6 Å². The van der Waals surface area contributed by atoms with Crippen molar-refractivity contribution in [2.24, 2.45) is 5.92 Å². The quantitative estimate of drug-likeness (QED) is 0.172. The van der Waals surface area contributed by atoms with E-state index in [4.69, 9.17) is 9.15 Å². The number of furan rings is 1. The summed E-state index contributed by atoms with van der Waals surface area (Å²) in [5.74, 6) is 0.354. The van der Waals surface area contributed by atoms with Crippen LogP contribution >= 0.6 is 0 Å². The maximum absolute atomic E-state index is 13.6. The van der Waals surface area contributed by atoms with Gasteiger partial charge in [-0.1, -0.05) is 19.9 Å². The van der Waals surface area contributed by atoms with Crippen molar-refractivity contribution in [1.29, 1.82) is 0 Å². The number of carbonyl (C=O) groups is 2. The number of nitrogens with zero attached hydrogens (tertiary/aromatic N) is 1. The van der Waals surface area contributed by atoms with Crippen LogP contribution < -0.4 is 15.4 Å². The Balaban J connectivity index is 1.58. The fourth-order valence-electron chi connectivity index (χ4n) is 5.05. The first-order valence-corrected chi connectivity index (χ1v) is 14.3. The molecule has 2 heterocycles. The largest absolute Gasteiger partial charge is 0.493 e. The highest BCUT2D eigenvalue weighted by Gasteiger charge is 2.23. The van der Waals surface area contributed by atoms with Crippen LogP contribution in [0, 0.1) is 25.6 Å². The molecular weight excluding hydrogens is 547 g/mol. The van der Waals surface area contributed by atoms with E-state index in [1.807, 2.05) is 39.8 Å². The van der Waals surface area contributed by atoms with Crippen LogP contribution in [0.1, 0.15) is 51.5 Å². The minimum absolute atomic E-state index is 0.180. The van der Waals surface area contributed by atoms with Gasteiger partial charge in [0.1, 0.15) is 22.9 Å². The fourth-order valence-corrected chi connectivity index (χ4v) is 5.05. The van der Waals surface area contributed by atoms with E-state index in [0.29, 0.717) is 70.2 Å². The standard InChI is InChI=1S/C34H35FN4O4/c1-19(2)18-37-33(40)24-9-12-29(42-15-14-26-20(3)38-39-21(26)4)27(17-24)23-8-13-30-28(16-23)31(34(41)36-5)32(43-30)22-6-10-25(35)11-7-22/h6-13,16-17,19H,14-15,18H2,1-5H3,(H,36,41)(H,37,40)(H,38,39). The van der Waals surface area contributed by atoms with E-state index in [0.717, 1.165) is 22.5 Å². The number of nitrogens with one attached hydrogen (secondary N) is 3. The molecule has 5 rings (SSSR count). The van der Waals surface area contributed by atoms with Crippen LogP contribution in [-0.2, 0) is 6.42 Å². The molecule has 3 N–H and O–H groups in total. The third-order valence-electron chi connectivity index (χ3n) is 7.36. The molecule has 0 radical (unpaired) electrons. The number of H-pyrrole nitrogens is 1. The van der Waals surface area contributed by atoms with Crippen molar-refractivity contribution in [2.45, 2.75) is 34.1 Å². The van der Waals surface area contributed by atoms with Crippen LogP contribution in [0.4, 0.5) is 4.39 Å². The average molecular weight is 583 g/mol. The van der Waals surface area contributed by atoms with Crippen LogP contribution in [0.2, 0.25) is 0 Å². The van der Waals surface area contributed by atoms with Crippen molar-refractivity contribution in [2.75, 3.05) is 20.2 Å². The molecule has 5 aromatic rings. The normalized spacial score (nSPS) is 11.2. The van der Waals surface area contributed by atoms with E-state index in [2.05, 4.69) is 20.8 Å². The molecule has 0 fully saturated rings. The van der Waals surface area contributed by atoms with Crippen molar-refractivity contribution in [3.8, 4) is 28.2 Å². The molecule has 0 aliphatic carbocycles. The predicted octanol–water partition coefficient (Wildman–Crippen LogP) is 6.61. The van der Waals surface area contributed by atoms with Crippen LogP contribution in [0.15, 0.2) is 65.1 Å². The molecule has 0 unspecified atom stereocenters. The molecule has 3 aromatic carbocycles. The predicted molar refractivity (Wildman–Crippen MR) is 165 cm³/mol. The average Bonchev–Trinajstić information content (AvgIpc) is 3.54. The SMILES string of the molecule is CNC(=O)c1c(-c2ccc(F)cc2)oc2ccc(-c3cc(C(=O)NCC(C)C)ccc3OCCc3c(C)n[nH]c3C)cc12. The first-order chi connectivity index (χ1) is 20.7. The summed E-state index contributed by atoms with van der Waals surface area (Å²) in [7, 11) is 1.55. The van der Waals surface area contributed by atoms with Gasteiger partial charge in [0, 0.05) is 47.8 Å². The highest BCUT2D eigenvalue weighted by molar-refractivity contribution is 6.12. The molecule has 0 atom stereocenters. The minimum Gasteiger partial charge on any atom is -0.493 e. The monoisotopic (exact) mass is 582 g/mol. The molecule has 9 heteroatoms. The van der Waals surface area contributed by atoms with Crippen molar-refractivity contribution < 1.29 is 23.1 Å². The van der Waals surface area contributed by atoms with Gasteiger partial charge in [-0.15, -0.1) is 0 Å². The third-order valence-corrected chi connectivity index (χ3v) is 7.36. The number of fused-ring (bicyclic) bond motifs is 1. The van der Waals surface area contributed by atoms with Crippen LogP contribution in [-0.4, -0.2) is 42.2 Å². The van der Waals surface area contributed by atoms with Crippen molar-refractivity contribution >= 4 is 22.8 Å². The maximum atomic E-state index is 13.6. The Morgan fingerprint density at radius 2 is 1.74 bits per heavy atom. The van der Waals surface area contributed by atoms with Gasteiger partial charge >= 0.3 is 0 Å². The van der Waals surface area contributed by atoms with Crippen LogP contribution in [0.5, 0.6) is 5.75 Å². The molecule has 222 valence electrons. The van der Waals surface area contributed by atoms with Crippen molar-refractivity contribution in [3.63, 3.8) is 0 Å². The molecule has 43 heavy (non-hydrogen) atoms. The zero-order chi connectivity index (χ0) is 30.7. The molecule has 0 aliphatic rings. The molecule has 8 nitrogen and oxygen atoms in total. The Bertz CT molecular complexity index is 1770. The van der Waals surface area contributed by atoms with Gasteiger partial charge in [-0.25, -0.2) is 4.39 Å². The molecule has 0 saturated carbocycles. The van der Waals surface area contributed by atoms with Gasteiger partial charge in [0.05, 0.1) is 17.9 Å². The summed E-state index contributed by atoms with van der Waals surface area (Å²) in [6.45, 7) is 8.97. The fraction of sp³-hybridized carbons (Fsp3) is 0.265. The number of amides is 2. The lowest BCUT2D eigenvalue weighted by Crippen LogP contribution is -2.27. The molecule has 0 aliphatic heterocycles. The van der Waals surface area contributed by atoms with Gasteiger partial charge in [-0.3, -0.25) is 14.7 Å². The number of halogens is 1. The first-order valence-electron chi connectivity index (χ1n) is 14.3. The van der Waals surface area contributed by atoms with E-state index in [1.165, 1.54) is 12.1 Å². The smallest absolute Gasteiger partial charge is 0.255 e. The number of aromatic amines is 1. The number of hydrogen-bond acceptors (Lipinski definition) is 5. The van der Waals surface area contributed by atoms with Crippen LogP contribution in [0.25, 0.3) is 33.4 Å². The maximum Gasteiger partial charge on any atom is 0.255 e. The lowest BCUT2D eigenvalue weighted by molar-refractivity contribution is 0.0945. The Morgan fingerprint density at radius 1 is 1.00 bits per heavy atom. The van der Waals surface area contributed by atoms with Gasteiger partial charge < -0.3 is 19.8 Å². The number of ether oxygens (including phenoxy) is 1. The second-order valence-corrected chi connectivity index (χ2v) is 10.9. The number of hydrogen-bond donors (Lipinski definition) is 3. The topological polar surface area (TPSA) is 109 Å². The van der Waals surface area contributed by atoms with E-state index < -0.39 is 0 Å². The highest BCUT2D eigenvalue weighted by atomic mass is 19.1. The van der Waals surface area contributed by atoms with E-state index in [1.54, 1.807) is 43.4 Å². The van der Waals surface area contributed by atoms with Crippen LogP contribution in [0.3, 0.4) is 0 Å². The van der Waals surface area contributed by atoms with Gasteiger partial charge in [-0.2, -0.15) is 5.10 Å². The van der Waals surface area contributed by atoms with Gasteiger partial charge in [-0.05, 0) is 85.5 Å². The Labute approximate surface area is 249 Å². The third kappa shape index (κ3) is 6.30. The van der Waals surface area contributed by atoms with E-state index >= 15 is 0 Å². The Hall–Kier alpha value is -4.92. The molecule has 0 saturated heterocycles. The zero-order valence-electron chi connectivity index (χ0n) is 24.9. The first kappa shape index (κ1) is 29.6. The van der Waals surface area contributed by atoms with Crippen molar-refractivity contribution in [1.82, 2.24) is 20.8 Å². The lowest BCUT2D eigenvalue weighted by Gasteiger charge is -2.15. The van der Waals surface area contributed by atoms with E-state index in [9.17, 15) is 14.0 Å². The number of aromatic nitrogens is 2. The Kier molecular flexibility index (Phi) is 8.61. The van der Waals surface area contributed by atoms with Gasteiger partial charge in [0.15, 0.2) is 0 Å². The molecule has 2 amide bonds. The number of carbonyl (C=O) groups excluding carboxylic acids is 2. The lowest BCUT2D eigenvalue weighted by atomic mass is 9.98. The second kappa shape index (κ2) is 12.5. The number of rotatable bonds is 10.